The van der Waals surface area contributed by atoms with Gasteiger partial charge in [0.25, 0.3) is 0 Å². The van der Waals surface area contributed by atoms with Crippen molar-refractivity contribution in [2.24, 2.45) is 0 Å². The molecule has 0 aromatic rings. The van der Waals surface area contributed by atoms with Gasteiger partial charge in [-0.3, -0.25) is 0 Å². The lowest BCUT2D eigenvalue weighted by atomic mass is 10.1. The van der Waals surface area contributed by atoms with E-state index in [9.17, 15) is 4.79 Å². The molecule has 0 aliphatic rings. The lowest BCUT2D eigenvalue weighted by molar-refractivity contribution is -0.132. The molecule has 3 heteroatoms. The van der Waals surface area contributed by atoms with E-state index in [0.717, 1.165) is 0 Å². The molecule has 0 aliphatic heterocycles. The van der Waals surface area contributed by atoms with Gasteiger partial charge in [-0.25, -0.2) is 4.79 Å². The number of aliphatic carboxylic acids is 1. The molecule has 0 spiro atoms. The Kier molecular flexibility index (Phi) is 4.22. The molecule has 0 heterocycles. The van der Waals surface area contributed by atoms with E-state index >= 15 is 0 Å². The number of rotatable bonds is 5. The van der Waals surface area contributed by atoms with Gasteiger partial charge in [-0.15, -0.1) is 6.58 Å². The van der Waals surface area contributed by atoms with E-state index in [1.54, 1.807) is 13.0 Å². The second-order valence-electron chi connectivity index (χ2n) is 2.25. The molecule has 0 radical (unpaired) electrons. The van der Waals surface area contributed by atoms with Crippen LogP contribution in [0.4, 0.5) is 0 Å². The smallest absolute Gasteiger partial charge is 0.332 e. The van der Waals surface area contributed by atoms with Crippen molar-refractivity contribution in [1.29, 1.82) is 0 Å². The van der Waals surface area contributed by atoms with Crippen LogP contribution < -0.4 is 5.32 Å². The zero-order valence-electron chi connectivity index (χ0n) is 6.63. The summed E-state index contributed by atoms with van der Waals surface area (Å²) in [6.45, 7) is 9.25. The highest BCUT2D eigenvalue weighted by atomic mass is 16.4. The fourth-order valence-electron chi connectivity index (χ4n) is 0.569. The second-order valence-corrected chi connectivity index (χ2v) is 2.25. The quantitative estimate of drug-likeness (QED) is 0.456. The van der Waals surface area contributed by atoms with Crippen molar-refractivity contribution in [2.75, 3.05) is 6.54 Å². The van der Waals surface area contributed by atoms with E-state index < -0.39 is 5.97 Å². The molecule has 0 fully saturated rings. The van der Waals surface area contributed by atoms with E-state index in [4.69, 9.17) is 5.11 Å². The van der Waals surface area contributed by atoms with Gasteiger partial charge in [0, 0.05) is 18.2 Å². The maximum Gasteiger partial charge on any atom is 0.332 e. The second kappa shape index (κ2) is 4.68. The molecule has 0 aromatic heterocycles. The van der Waals surface area contributed by atoms with Crippen molar-refractivity contribution in [3.63, 3.8) is 0 Å². The summed E-state index contributed by atoms with van der Waals surface area (Å²) in [5, 5.41) is 11.4. The fourth-order valence-corrected chi connectivity index (χ4v) is 0.569. The summed E-state index contributed by atoms with van der Waals surface area (Å²) in [4.78, 5) is 10.3. The number of nitrogens with one attached hydrogen (secondary N) is 1. The molecule has 0 aromatic carbocycles. The lowest BCUT2D eigenvalue weighted by Crippen LogP contribution is -2.30. The molecule has 3 nitrogen and oxygen atoms in total. The van der Waals surface area contributed by atoms with Crippen LogP contribution in [-0.4, -0.2) is 23.7 Å². The third kappa shape index (κ3) is 3.57. The summed E-state index contributed by atoms with van der Waals surface area (Å²) in [5.41, 5.74) is 0.173. The molecular weight excluding hydrogens is 142 g/mol. The standard InChI is InChI=1S/C8H13NO2/c1-4-5-9-7(3)6(2)8(10)11/h4,7,9H,1-2,5H2,3H3,(H,10,11). The number of hydrogen-bond acceptors (Lipinski definition) is 2. The molecule has 1 unspecified atom stereocenters. The molecule has 0 rings (SSSR count). The third-order valence-corrected chi connectivity index (χ3v) is 1.37. The molecule has 0 amide bonds. The van der Waals surface area contributed by atoms with Crippen LogP contribution >= 0.6 is 0 Å². The monoisotopic (exact) mass is 155 g/mol. The Hall–Kier alpha value is -1.09. The Labute approximate surface area is 66.4 Å². The highest BCUT2D eigenvalue weighted by Crippen LogP contribution is 1.97. The van der Waals surface area contributed by atoms with Crippen LogP contribution in [0.5, 0.6) is 0 Å². The number of carbonyl (C=O) groups is 1. The van der Waals surface area contributed by atoms with E-state index in [1.165, 1.54) is 0 Å². The van der Waals surface area contributed by atoms with Gasteiger partial charge in [-0.05, 0) is 6.92 Å². The molecule has 0 saturated carbocycles. The first kappa shape index (κ1) is 9.91. The zero-order chi connectivity index (χ0) is 8.85. The van der Waals surface area contributed by atoms with Crippen molar-refractivity contribution >= 4 is 5.97 Å². The topological polar surface area (TPSA) is 49.3 Å². The summed E-state index contributed by atoms with van der Waals surface area (Å²) in [7, 11) is 0. The maximum atomic E-state index is 10.3. The Balaban J connectivity index is 3.82. The van der Waals surface area contributed by atoms with Crippen LogP contribution in [0.3, 0.4) is 0 Å². The first-order chi connectivity index (χ1) is 5.09. The highest BCUT2D eigenvalue weighted by Gasteiger charge is 2.10. The predicted octanol–water partition coefficient (Wildman–Crippen LogP) is 0.791. The number of carboxylic acid groups (broad SMARTS) is 1. The predicted molar refractivity (Wildman–Crippen MR) is 44.4 cm³/mol. The molecule has 2 N–H and O–H groups in total. The summed E-state index contributed by atoms with van der Waals surface area (Å²) in [6.07, 6.45) is 1.67. The summed E-state index contributed by atoms with van der Waals surface area (Å²) >= 11 is 0. The van der Waals surface area contributed by atoms with Crippen molar-refractivity contribution in [1.82, 2.24) is 5.32 Å². The lowest BCUT2D eigenvalue weighted by Gasteiger charge is -2.10. The SMILES string of the molecule is C=CCNC(C)C(=C)C(=O)O. The normalized spacial score (nSPS) is 12.1. The summed E-state index contributed by atoms with van der Waals surface area (Å²) < 4.78 is 0. The first-order valence-electron chi connectivity index (χ1n) is 3.36. The van der Waals surface area contributed by atoms with Gasteiger partial charge in [0.15, 0.2) is 0 Å². The minimum Gasteiger partial charge on any atom is -0.478 e. The van der Waals surface area contributed by atoms with Crippen molar-refractivity contribution in [2.45, 2.75) is 13.0 Å². The minimum absolute atomic E-state index is 0.173. The molecule has 0 bridgehead atoms. The van der Waals surface area contributed by atoms with E-state index in [0.29, 0.717) is 6.54 Å². The zero-order valence-corrected chi connectivity index (χ0v) is 6.63. The molecule has 1 atom stereocenters. The van der Waals surface area contributed by atoms with Crippen LogP contribution in [-0.2, 0) is 4.79 Å². The van der Waals surface area contributed by atoms with Crippen molar-refractivity contribution < 1.29 is 9.90 Å². The third-order valence-electron chi connectivity index (χ3n) is 1.37. The van der Waals surface area contributed by atoms with Crippen molar-refractivity contribution in [3.8, 4) is 0 Å². The van der Waals surface area contributed by atoms with Gasteiger partial charge >= 0.3 is 5.97 Å². The summed E-state index contributed by atoms with van der Waals surface area (Å²) in [6, 6.07) is -0.203. The average Bonchev–Trinajstić information content (AvgIpc) is 1.98. The molecule has 62 valence electrons. The van der Waals surface area contributed by atoms with Crippen LogP contribution in [0.15, 0.2) is 24.8 Å². The van der Waals surface area contributed by atoms with Gasteiger partial charge in [-0.1, -0.05) is 12.7 Å². The van der Waals surface area contributed by atoms with Crippen LogP contribution in [0.1, 0.15) is 6.92 Å². The van der Waals surface area contributed by atoms with Crippen LogP contribution in [0, 0.1) is 0 Å². The van der Waals surface area contributed by atoms with Crippen LogP contribution in [0.25, 0.3) is 0 Å². The number of carboxylic acids is 1. The van der Waals surface area contributed by atoms with Gasteiger partial charge in [-0.2, -0.15) is 0 Å². The van der Waals surface area contributed by atoms with Gasteiger partial charge < -0.3 is 10.4 Å². The Morgan fingerprint density at radius 1 is 1.82 bits per heavy atom. The van der Waals surface area contributed by atoms with Gasteiger partial charge in [0.2, 0.25) is 0 Å². The molecular formula is C8H13NO2. The Bertz CT molecular complexity index is 175. The van der Waals surface area contributed by atoms with E-state index in [2.05, 4.69) is 18.5 Å². The number of hydrogen-bond donors (Lipinski definition) is 2. The Morgan fingerprint density at radius 3 is 2.73 bits per heavy atom. The van der Waals surface area contributed by atoms with Crippen LogP contribution in [0.2, 0.25) is 0 Å². The van der Waals surface area contributed by atoms with Crippen molar-refractivity contribution in [3.05, 3.63) is 24.8 Å². The largest absolute Gasteiger partial charge is 0.478 e. The van der Waals surface area contributed by atoms with E-state index in [1.807, 2.05) is 0 Å². The molecule has 11 heavy (non-hydrogen) atoms. The van der Waals surface area contributed by atoms with Gasteiger partial charge in [0.1, 0.15) is 0 Å². The van der Waals surface area contributed by atoms with Gasteiger partial charge in [0.05, 0.1) is 0 Å². The average molecular weight is 155 g/mol. The maximum absolute atomic E-state index is 10.3. The Morgan fingerprint density at radius 2 is 2.36 bits per heavy atom. The molecule has 0 saturated heterocycles. The van der Waals surface area contributed by atoms with E-state index in [-0.39, 0.29) is 11.6 Å². The fraction of sp³-hybridized carbons (Fsp3) is 0.375. The highest BCUT2D eigenvalue weighted by molar-refractivity contribution is 5.87. The first-order valence-corrected chi connectivity index (χ1v) is 3.36. The minimum atomic E-state index is -0.964. The molecule has 0 aliphatic carbocycles. The summed E-state index contributed by atoms with van der Waals surface area (Å²) in [5.74, 6) is -0.964.